The second-order valence-corrected chi connectivity index (χ2v) is 13.2. The lowest BCUT2D eigenvalue weighted by Gasteiger charge is -2.32. The maximum atomic E-state index is 6.29. The lowest BCUT2D eigenvalue weighted by molar-refractivity contribution is 0.410. The Hall–Kier alpha value is -6.49. The first-order valence-electron chi connectivity index (χ1n) is 17.4. The summed E-state index contributed by atoms with van der Waals surface area (Å²) in [4.78, 5) is 5.36. The largest absolute Gasteiger partial charge is 0.456 e. The van der Waals surface area contributed by atoms with E-state index in [2.05, 4.69) is 168 Å². The summed E-state index contributed by atoms with van der Waals surface area (Å²) in [5, 5.41) is 14.8. The van der Waals surface area contributed by atoms with Crippen molar-refractivity contribution in [2.24, 2.45) is 4.99 Å². The molecule has 0 radical (unpaired) electrons. The van der Waals surface area contributed by atoms with Gasteiger partial charge in [-0.2, -0.15) is 0 Å². The minimum Gasteiger partial charge on any atom is -0.456 e. The number of rotatable bonds is 5. The summed E-state index contributed by atoms with van der Waals surface area (Å²) in [7, 11) is 0. The standard InChI is InChI=1S/C47H33N3O/c1-2-12-30(13-3-1)33-15-10-16-35(28-33)46-48-45(49-47(50-46)40-21-11-23-43-44(40)39-20-8-9-22-42(39)51-43)32-26-24-31(25-27-32)41-29-34-14-4-5-17-36(34)37-18-6-7-19-38(37)41/h1-29,46-47,50H,(H,48,49). The van der Waals surface area contributed by atoms with Gasteiger partial charge in [0.25, 0.3) is 0 Å². The second kappa shape index (κ2) is 12.1. The number of nitrogens with one attached hydrogen (secondary N) is 2. The predicted molar refractivity (Wildman–Crippen MR) is 211 cm³/mol. The van der Waals surface area contributed by atoms with Gasteiger partial charge in [0.2, 0.25) is 0 Å². The van der Waals surface area contributed by atoms with E-state index in [1.807, 2.05) is 18.2 Å². The van der Waals surface area contributed by atoms with E-state index in [4.69, 9.17) is 9.41 Å². The zero-order chi connectivity index (χ0) is 33.7. The summed E-state index contributed by atoms with van der Waals surface area (Å²) in [6.45, 7) is 0. The Bertz CT molecular complexity index is 2760. The van der Waals surface area contributed by atoms with Gasteiger partial charge in [0, 0.05) is 21.9 Å². The van der Waals surface area contributed by atoms with Crippen LogP contribution in [-0.2, 0) is 0 Å². The highest BCUT2D eigenvalue weighted by molar-refractivity contribution is 6.14. The third-order valence-electron chi connectivity index (χ3n) is 10.2. The Morgan fingerprint density at radius 1 is 0.471 bits per heavy atom. The lowest BCUT2D eigenvalue weighted by atomic mass is 9.93. The van der Waals surface area contributed by atoms with Gasteiger partial charge in [-0.1, -0.05) is 152 Å². The molecule has 1 aliphatic heterocycles. The van der Waals surface area contributed by atoms with Gasteiger partial charge >= 0.3 is 0 Å². The summed E-state index contributed by atoms with van der Waals surface area (Å²) in [6.07, 6.45) is -0.510. The van der Waals surface area contributed by atoms with Crippen LogP contribution in [0.1, 0.15) is 29.0 Å². The Morgan fingerprint density at radius 3 is 2.00 bits per heavy atom. The summed E-state index contributed by atoms with van der Waals surface area (Å²) in [6, 6.07) is 62.3. The molecule has 0 fully saturated rings. The van der Waals surface area contributed by atoms with Crippen molar-refractivity contribution < 1.29 is 4.42 Å². The van der Waals surface area contributed by atoms with Crippen LogP contribution in [0.15, 0.2) is 185 Å². The number of aliphatic imine (C=N–C) groups is 1. The predicted octanol–water partition coefficient (Wildman–Crippen LogP) is 11.6. The molecule has 4 heteroatoms. The normalized spacial score (nSPS) is 16.0. The molecule has 0 bridgehead atoms. The van der Waals surface area contributed by atoms with E-state index in [9.17, 15) is 0 Å². The average molecular weight is 656 g/mol. The van der Waals surface area contributed by atoms with Crippen LogP contribution in [0.2, 0.25) is 0 Å². The van der Waals surface area contributed by atoms with E-state index in [1.165, 1.54) is 43.8 Å². The zero-order valence-electron chi connectivity index (χ0n) is 27.8. The summed E-state index contributed by atoms with van der Waals surface area (Å²) in [5.41, 5.74) is 9.75. The van der Waals surface area contributed by atoms with Crippen molar-refractivity contribution >= 4 is 49.3 Å². The molecule has 0 spiro atoms. The highest BCUT2D eigenvalue weighted by Gasteiger charge is 2.28. The van der Waals surface area contributed by atoms with E-state index < -0.39 is 0 Å². The van der Waals surface area contributed by atoms with Gasteiger partial charge in [-0.15, -0.1) is 0 Å². The third kappa shape index (κ3) is 5.16. The van der Waals surface area contributed by atoms with E-state index in [0.29, 0.717) is 0 Å². The van der Waals surface area contributed by atoms with E-state index in [1.54, 1.807) is 0 Å². The van der Waals surface area contributed by atoms with Gasteiger partial charge in [-0.3, -0.25) is 5.32 Å². The van der Waals surface area contributed by atoms with Gasteiger partial charge in [0.05, 0.1) is 0 Å². The fraction of sp³-hybridized carbons (Fsp3) is 0.0426. The fourth-order valence-corrected chi connectivity index (χ4v) is 7.70. The van der Waals surface area contributed by atoms with Crippen LogP contribution in [0.4, 0.5) is 0 Å². The van der Waals surface area contributed by atoms with E-state index in [0.717, 1.165) is 44.5 Å². The summed E-state index contributed by atoms with van der Waals surface area (Å²) < 4.78 is 6.29. The molecule has 0 aliphatic carbocycles. The number of benzene rings is 8. The molecule has 0 saturated carbocycles. The maximum absolute atomic E-state index is 6.29. The van der Waals surface area contributed by atoms with Crippen molar-refractivity contribution in [3.05, 3.63) is 193 Å². The number of hydrogen-bond donors (Lipinski definition) is 2. The number of amidine groups is 1. The lowest BCUT2D eigenvalue weighted by Crippen LogP contribution is -2.45. The Morgan fingerprint density at radius 2 is 1.14 bits per heavy atom. The molecule has 1 aliphatic rings. The van der Waals surface area contributed by atoms with Crippen LogP contribution in [0.25, 0.3) is 65.7 Å². The quantitative estimate of drug-likeness (QED) is 0.181. The topological polar surface area (TPSA) is 49.6 Å². The first-order valence-corrected chi connectivity index (χ1v) is 17.4. The van der Waals surface area contributed by atoms with Gasteiger partial charge in [0.15, 0.2) is 0 Å². The molecular weight excluding hydrogens is 623 g/mol. The number of nitrogens with zero attached hydrogens (tertiary/aromatic N) is 1. The third-order valence-corrected chi connectivity index (χ3v) is 10.2. The van der Waals surface area contributed by atoms with Crippen LogP contribution in [0.5, 0.6) is 0 Å². The molecule has 9 aromatic rings. The van der Waals surface area contributed by atoms with Crippen LogP contribution in [0, 0.1) is 0 Å². The molecule has 242 valence electrons. The number of fused-ring (bicyclic) bond motifs is 6. The first kappa shape index (κ1) is 29.4. The molecule has 2 atom stereocenters. The zero-order valence-corrected chi connectivity index (χ0v) is 27.8. The molecule has 0 saturated heterocycles. The van der Waals surface area contributed by atoms with Gasteiger partial charge < -0.3 is 9.73 Å². The van der Waals surface area contributed by atoms with Crippen LogP contribution in [-0.4, -0.2) is 5.84 Å². The SMILES string of the molecule is c1ccc(-c2cccc(C3NC(c4ccc(-c5cc6ccccc6c6ccccc56)cc4)=NC(c4cccc5oc6ccccc6c45)N3)c2)cc1. The van der Waals surface area contributed by atoms with Crippen molar-refractivity contribution in [3.8, 4) is 22.3 Å². The molecule has 0 amide bonds. The molecule has 2 unspecified atom stereocenters. The molecule has 51 heavy (non-hydrogen) atoms. The van der Waals surface area contributed by atoms with Crippen molar-refractivity contribution in [1.29, 1.82) is 0 Å². The van der Waals surface area contributed by atoms with E-state index >= 15 is 0 Å². The molecule has 1 aromatic heterocycles. The summed E-state index contributed by atoms with van der Waals surface area (Å²) >= 11 is 0. The maximum Gasteiger partial charge on any atom is 0.135 e. The average Bonchev–Trinajstić information content (AvgIpc) is 3.60. The molecule has 4 nitrogen and oxygen atoms in total. The van der Waals surface area contributed by atoms with Gasteiger partial charge in [0.1, 0.15) is 29.3 Å². The smallest absolute Gasteiger partial charge is 0.135 e. The molecule has 8 aromatic carbocycles. The molecule has 2 N–H and O–H groups in total. The van der Waals surface area contributed by atoms with Gasteiger partial charge in [-0.05, 0) is 73.6 Å². The van der Waals surface area contributed by atoms with Crippen molar-refractivity contribution in [2.45, 2.75) is 12.3 Å². The first-order chi connectivity index (χ1) is 25.3. The van der Waals surface area contributed by atoms with Crippen molar-refractivity contribution in [3.63, 3.8) is 0 Å². The van der Waals surface area contributed by atoms with Crippen molar-refractivity contribution in [1.82, 2.24) is 10.6 Å². The molecular formula is C47H33N3O. The Balaban J connectivity index is 1.09. The minimum absolute atomic E-state index is 0.191. The monoisotopic (exact) mass is 655 g/mol. The highest BCUT2D eigenvalue weighted by atomic mass is 16.3. The van der Waals surface area contributed by atoms with Crippen molar-refractivity contribution in [2.75, 3.05) is 0 Å². The Labute approximate surface area is 295 Å². The van der Waals surface area contributed by atoms with Crippen LogP contribution < -0.4 is 10.6 Å². The highest BCUT2D eigenvalue weighted by Crippen LogP contribution is 2.38. The molecule has 10 rings (SSSR count). The van der Waals surface area contributed by atoms with Crippen LogP contribution >= 0.6 is 0 Å². The number of furan rings is 1. The second-order valence-electron chi connectivity index (χ2n) is 13.2. The fourth-order valence-electron chi connectivity index (χ4n) is 7.70. The minimum atomic E-state index is -0.319. The Kier molecular flexibility index (Phi) is 7.00. The summed E-state index contributed by atoms with van der Waals surface area (Å²) in [5.74, 6) is 0.841. The van der Waals surface area contributed by atoms with E-state index in [-0.39, 0.29) is 12.3 Å². The van der Waals surface area contributed by atoms with Gasteiger partial charge in [-0.25, -0.2) is 4.99 Å². The van der Waals surface area contributed by atoms with Crippen LogP contribution in [0.3, 0.4) is 0 Å². The number of para-hydroxylation sites is 1. The number of hydrogen-bond acceptors (Lipinski definition) is 4. The molecule has 2 heterocycles.